The Morgan fingerprint density at radius 3 is 3.08 bits per heavy atom. The van der Waals surface area contributed by atoms with E-state index in [0.717, 1.165) is 17.8 Å². The average Bonchev–Trinajstić information content (AvgIpc) is 2.63. The van der Waals surface area contributed by atoms with Gasteiger partial charge in [-0.3, -0.25) is 0 Å². The second-order valence-electron chi connectivity index (χ2n) is 3.19. The number of aromatic nitrogens is 4. The largest absolute Gasteiger partial charge is 0.242 e. The van der Waals surface area contributed by atoms with Crippen molar-refractivity contribution in [2.24, 2.45) is 0 Å². The molecule has 0 aliphatic heterocycles. The van der Waals surface area contributed by atoms with E-state index in [2.05, 4.69) is 28.9 Å². The summed E-state index contributed by atoms with van der Waals surface area (Å²) in [5, 5.41) is 4.35. The van der Waals surface area contributed by atoms with E-state index in [-0.39, 0.29) is 0 Å². The highest BCUT2D eigenvalue weighted by molar-refractivity contribution is 5.39. The summed E-state index contributed by atoms with van der Waals surface area (Å²) in [4.78, 5) is 8.27. The highest BCUT2D eigenvalue weighted by atomic mass is 15.3. The molecule has 68 valence electrons. The minimum Gasteiger partial charge on any atom is -0.242 e. The molecule has 0 saturated heterocycles. The molecule has 0 aliphatic rings. The smallest absolute Gasteiger partial charge is 0.152 e. The highest BCUT2D eigenvalue weighted by Gasteiger charge is 2.06. The van der Waals surface area contributed by atoms with E-state index >= 15 is 0 Å². The Labute approximate surface area is 76.6 Å². The summed E-state index contributed by atoms with van der Waals surface area (Å²) < 4.78 is 1.76. The fourth-order valence-corrected chi connectivity index (χ4v) is 1.15. The summed E-state index contributed by atoms with van der Waals surface area (Å²) in [5.74, 6) is 1.29. The van der Waals surface area contributed by atoms with Crippen LogP contribution in [0.3, 0.4) is 0 Å². The molecule has 0 spiro atoms. The van der Waals surface area contributed by atoms with Crippen molar-refractivity contribution in [2.75, 3.05) is 0 Å². The Morgan fingerprint density at radius 1 is 1.46 bits per heavy atom. The lowest BCUT2D eigenvalue weighted by Gasteiger charge is -2.05. The Bertz CT molecular complexity index is 407. The van der Waals surface area contributed by atoms with Gasteiger partial charge in [-0.05, 0) is 6.42 Å². The molecule has 0 aromatic carbocycles. The van der Waals surface area contributed by atoms with Crippen LogP contribution in [0.2, 0.25) is 0 Å². The maximum atomic E-state index is 4.35. The normalized spacial score (nSPS) is 13.4. The van der Waals surface area contributed by atoms with E-state index in [1.807, 2.05) is 6.20 Å². The lowest BCUT2D eigenvalue weighted by Crippen LogP contribution is -2.03. The third-order valence-corrected chi connectivity index (χ3v) is 2.24. The predicted octanol–water partition coefficient (Wildman–Crippen LogP) is 1.64. The maximum absolute atomic E-state index is 4.35. The van der Waals surface area contributed by atoms with Crippen molar-refractivity contribution in [2.45, 2.75) is 26.2 Å². The van der Waals surface area contributed by atoms with Gasteiger partial charge in [0.2, 0.25) is 0 Å². The molecule has 2 rings (SSSR count). The first kappa shape index (κ1) is 8.16. The number of hydrogen-bond donors (Lipinski definition) is 0. The first-order chi connectivity index (χ1) is 6.31. The zero-order chi connectivity index (χ0) is 9.26. The van der Waals surface area contributed by atoms with Gasteiger partial charge < -0.3 is 0 Å². The lowest BCUT2D eigenvalue weighted by atomic mass is 10.1. The van der Waals surface area contributed by atoms with Gasteiger partial charge in [0.15, 0.2) is 5.82 Å². The van der Waals surface area contributed by atoms with Crippen LogP contribution in [0.25, 0.3) is 5.52 Å². The average molecular weight is 176 g/mol. The Kier molecular flexibility index (Phi) is 1.96. The van der Waals surface area contributed by atoms with Crippen molar-refractivity contribution >= 4 is 5.52 Å². The Balaban J connectivity index is 2.48. The number of rotatable bonds is 2. The quantitative estimate of drug-likeness (QED) is 0.698. The van der Waals surface area contributed by atoms with Crippen LogP contribution in [-0.2, 0) is 0 Å². The van der Waals surface area contributed by atoms with E-state index < -0.39 is 0 Å². The third-order valence-electron chi connectivity index (χ3n) is 2.24. The molecule has 0 amide bonds. The highest BCUT2D eigenvalue weighted by Crippen LogP contribution is 2.13. The van der Waals surface area contributed by atoms with Crippen LogP contribution in [0.4, 0.5) is 0 Å². The zero-order valence-corrected chi connectivity index (χ0v) is 7.81. The van der Waals surface area contributed by atoms with E-state index in [4.69, 9.17) is 0 Å². The second-order valence-corrected chi connectivity index (χ2v) is 3.19. The third kappa shape index (κ3) is 1.39. The summed E-state index contributed by atoms with van der Waals surface area (Å²) >= 11 is 0. The van der Waals surface area contributed by atoms with Gasteiger partial charge in [-0.1, -0.05) is 13.8 Å². The number of nitrogens with zero attached hydrogens (tertiary/aromatic N) is 4. The van der Waals surface area contributed by atoms with E-state index in [1.54, 1.807) is 17.0 Å². The van der Waals surface area contributed by atoms with Gasteiger partial charge in [-0.25, -0.2) is 14.5 Å². The Morgan fingerprint density at radius 2 is 2.31 bits per heavy atom. The SMILES string of the molecule is CCC(C)c1ncc2cncn2n1. The molecular weight excluding hydrogens is 164 g/mol. The molecule has 0 bridgehead atoms. The van der Waals surface area contributed by atoms with Crippen molar-refractivity contribution in [1.82, 2.24) is 19.6 Å². The minimum absolute atomic E-state index is 0.409. The topological polar surface area (TPSA) is 43.1 Å². The summed E-state index contributed by atoms with van der Waals surface area (Å²) in [7, 11) is 0. The molecule has 4 nitrogen and oxygen atoms in total. The van der Waals surface area contributed by atoms with Gasteiger partial charge in [0.05, 0.1) is 12.4 Å². The van der Waals surface area contributed by atoms with Crippen molar-refractivity contribution in [3.05, 3.63) is 24.5 Å². The summed E-state index contributed by atoms with van der Waals surface area (Å²) in [6.45, 7) is 4.25. The van der Waals surface area contributed by atoms with Gasteiger partial charge >= 0.3 is 0 Å². The Hall–Kier alpha value is -1.45. The van der Waals surface area contributed by atoms with Crippen LogP contribution < -0.4 is 0 Å². The lowest BCUT2D eigenvalue weighted by molar-refractivity contribution is 0.649. The van der Waals surface area contributed by atoms with Crippen molar-refractivity contribution < 1.29 is 0 Å². The summed E-state index contributed by atoms with van der Waals surface area (Å²) in [6, 6.07) is 0. The standard InChI is InChI=1S/C9H12N4/c1-3-7(2)9-11-5-8-4-10-6-13(8)12-9/h4-7H,3H2,1-2H3. The van der Waals surface area contributed by atoms with E-state index in [1.165, 1.54) is 0 Å². The van der Waals surface area contributed by atoms with Gasteiger partial charge in [0.25, 0.3) is 0 Å². The fourth-order valence-electron chi connectivity index (χ4n) is 1.15. The monoisotopic (exact) mass is 176 g/mol. The maximum Gasteiger partial charge on any atom is 0.152 e. The first-order valence-corrected chi connectivity index (χ1v) is 4.46. The molecule has 2 aromatic rings. The molecule has 0 fully saturated rings. The van der Waals surface area contributed by atoms with Crippen molar-refractivity contribution in [1.29, 1.82) is 0 Å². The summed E-state index contributed by atoms with van der Waals surface area (Å²) in [6.07, 6.45) is 6.31. The van der Waals surface area contributed by atoms with Crippen LogP contribution >= 0.6 is 0 Å². The van der Waals surface area contributed by atoms with Crippen LogP contribution in [-0.4, -0.2) is 19.6 Å². The van der Waals surface area contributed by atoms with Gasteiger partial charge in [-0.15, -0.1) is 0 Å². The van der Waals surface area contributed by atoms with Crippen LogP contribution in [0, 0.1) is 0 Å². The molecule has 4 heteroatoms. The molecule has 1 unspecified atom stereocenters. The number of hydrogen-bond acceptors (Lipinski definition) is 3. The van der Waals surface area contributed by atoms with Crippen molar-refractivity contribution in [3.63, 3.8) is 0 Å². The van der Waals surface area contributed by atoms with Gasteiger partial charge in [0.1, 0.15) is 11.8 Å². The second kappa shape index (κ2) is 3.12. The number of fused-ring (bicyclic) bond motifs is 1. The van der Waals surface area contributed by atoms with Crippen LogP contribution in [0.5, 0.6) is 0 Å². The number of imidazole rings is 1. The van der Waals surface area contributed by atoms with Gasteiger partial charge in [0, 0.05) is 5.92 Å². The fraction of sp³-hybridized carbons (Fsp3) is 0.444. The predicted molar refractivity (Wildman–Crippen MR) is 49.5 cm³/mol. The first-order valence-electron chi connectivity index (χ1n) is 4.46. The molecule has 2 aromatic heterocycles. The van der Waals surface area contributed by atoms with Crippen molar-refractivity contribution in [3.8, 4) is 0 Å². The molecule has 0 aliphatic carbocycles. The molecule has 0 radical (unpaired) electrons. The van der Waals surface area contributed by atoms with E-state index in [9.17, 15) is 0 Å². The zero-order valence-electron chi connectivity index (χ0n) is 7.81. The molecular formula is C9H12N4. The van der Waals surface area contributed by atoms with Crippen LogP contribution in [0.1, 0.15) is 32.0 Å². The summed E-state index contributed by atoms with van der Waals surface area (Å²) in [5.41, 5.74) is 0.937. The van der Waals surface area contributed by atoms with Gasteiger partial charge in [-0.2, -0.15) is 5.10 Å². The minimum atomic E-state index is 0.409. The molecule has 2 heterocycles. The molecule has 13 heavy (non-hydrogen) atoms. The molecule has 0 saturated carbocycles. The molecule has 0 N–H and O–H groups in total. The molecule has 1 atom stereocenters. The van der Waals surface area contributed by atoms with E-state index in [0.29, 0.717) is 5.92 Å². The van der Waals surface area contributed by atoms with Crippen LogP contribution in [0.15, 0.2) is 18.7 Å².